The molecule has 0 bridgehead atoms. The minimum atomic E-state index is -0.472. The highest BCUT2D eigenvalue weighted by Gasteiger charge is 2.22. The maximum Gasteiger partial charge on any atom is 0.354 e. The Labute approximate surface area is 45.8 Å². The van der Waals surface area contributed by atoms with Gasteiger partial charge in [-0.05, 0) is 0 Å². The van der Waals surface area contributed by atoms with E-state index in [0.717, 1.165) is 13.1 Å². The summed E-state index contributed by atoms with van der Waals surface area (Å²) < 4.78 is 0. The van der Waals surface area contributed by atoms with Crippen molar-refractivity contribution in [2.45, 2.75) is 0 Å². The fourth-order valence-corrected chi connectivity index (χ4v) is 0.351. The molecule has 8 heavy (non-hydrogen) atoms. The molecule has 1 fully saturated rings. The van der Waals surface area contributed by atoms with E-state index in [1.807, 2.05) is 0 Å². The summed E-state index contributed by atoms with van der Waals surface area (Å²) in [7, 11) is 0. The van der Waals surface area contributed by atoms with Crippen LogP contribution in [0.2, 0.25) is 0 Å². The molecule has 0 aromatic heterocycles. The highest BCUT2D eigenvalue weighted by atomic mass is 16.2. The van der Waals surface area contributed by atoms with Crippen LogP contribution in [0, 0.1) is 0 Å². The van der Waals surface area contributed by atoms with E-state index in [1.54, 1.807) is 0 Å². The molecule has 0 aromatic carbocycles. The van der Waals surface area contributed by atoms with Gasteiger partial charge in [0.1, 0.15) is 0 Å². The monoisotopic (exact) mass is 112 g/mol. The Bertz CT molecular complexity index is 155. The lowest BCUT2D eigenvalue weighted by molar-refractivity contribution is 0.239. The number of urea groups is 1. The van der Waals surface area contributed by atoms with Crippen LogP contribution in [-0.2, 0) is 4.79 Å². The van der Waals surface area contributed by atoms with E-state index in [-0.39, 0.29) is 0 Å². The number of aliphatic imine (C=N–C) groups is 1. The van der Waals surface area contributed by atoms with Crippen molar-refractivity contribution in [3.8, 4) is 0 Å². The van der Waals surface area contributed by atoms with Gasteiger partial charge in [0, 0.05) is 13.1 Å². The van der Waals surface area contributed by atoms with Gasteiger partial charge in [0.2, 0.25) is 6.08 Å². The molecule has 1 rings (SSSR count). The third kappa shape index (κ3) is 0.918. The van der Waals surface area contributed by atoms with Gasteiger partial charge in [0.05, 0.1) is 0 Å². The van der Waals surface area contributed by atoms with Crippen molar-refractivity contribution in [2.24, 2.45) is 4.99 Å². The molecule has 0 saturated carbocycles. The second kappa shape index (κ2) is 1.76. The molecule has 4 nitrogen and oxygen atoms in total. The Morgan fingerprint density at radius 2 is 2.25 bits per heavy atom. The summed E-state index contributed by atoms with van der Waals surface area (Å²) in [6, 6.07) is -0.472. The van der Waals surface area contributed by atoms with Crippen molar-refractivity contribution < 1.29 is 9.59 Å². The molecule has 0 radical (unpaired) electrons. The van der Waals surface area contributed by atoms with Gasteiger partial charge in [0.15, 0.2) is 0 Å². The van der Waals surface area contributed by atoms with Gasteiger partial charge in [-0.15, -0.1) is 4.99 Å². The standard InChI is InChI=1S/C4H4N2O2/c7-3-5-4(8)6-1-2-6/h1-2H2. The van der Waals surface area contributed by atoms with E-state index >= 15 is 0 Å². The largest absolute Gasteiger partial charge is 0.354 e. The lowest BCUT2D eigenvalue weighted by atomic mass is 11.0. The molecule has 1 saturated heterocycles. The van der Waals surface area contributed by atoms with E-state index in [0.29, 0.717) is 0 Å². The lowest BCUT2D eigenvalue weighted by Gasteiger charge is -1.84. The number of carbonyl (C=O) groups excluding carboxylic acids is 2. The summed E-state index contributed by atoms with van der Waals surface area (Å²) in [5.41, 5.74) is 0. The summed E-state index contributed by atoms with van der Waals surface area (Å²) in [6.45, 7) is 1.45. The maximum absolute atomic E-state index is 10.3. The Morgan fingerprint density at radius 3 is 2.62 bits per heavy atom. The molecule has 0 aliphatic carbocycles. The first-order valence-electron chi connectivity index (χ1n) is 2.21. The van der Waals surface area contributed by atoms with Gasteiger partial charge in [-0.25, -0.2) is 9.59 Å². The van der Waals surface area contributed by atoms with Crippen molar-refractivity contribution in [3.05, 3.63) is 0 Å². The zero-order chi connectivity index (χ0) is 5.98. The first-order valence-corrected chi connectivity index (χ1v) is 2.21. The minimum absolute atomic E-state index is 0.472. The summed E-state index contributed by atoms with van der Waals surface area (Å²) in [5, 5.41) is 0. The number of nitrogens with zero attached hydrogens (tertiary/aromatic N) is 2. The Hall–Kier alpha value is -1.15. The lowest BCUT2D eigenvalue weighted by Crippen LogP contribution is -2.02. The number of amides is 2. The molecule has 1 aliphatic rings. The van der Waals surface area contributed by atoms with Crippen LogP contribution >= 0.6 is 0 Å². The average Bonchev–Trinajstić information content (AvgIpc) is 2.45. The third-order valence-corrected chi connectivity index (χ3v) is 0.859. The summed E-state index contributed by atoms with van der Waals surface area (Å²) in [5.74, 6) is 0. The SMILES string of the molecule is O=C=NC(=O)N1CC1. The predicted molar refractivity (Wildman–Crippen MR) is 25.1 cm³/mol. The molecular weight excluding hydrogens is 108 g/mol. The van der Waals surface area contributed by atoms with E-state index in [4.69, 9.17) is 0 Å². The van der Waals surface area contributed by atoms with Gasteiger partial charge in [0.25, 0.3) is 0 Å². The first kappa shape index (κ1) is 5.00. The molecule has 1 heterocycles. The van der Waals surface area contributed by atoms with Crippen LogP contribution in [0.4, 0.5) is 4.79 Å². The molecular formula is C4H4N2O2. The number of rotatable bonds is 0. The minimum Gasteiger partial charge on any atom is -0.319 e. The summed E-state index contributed by atoms with van der Waals surface area (Å²) in [4.78, 5) is 24.0. The molecule has 0 aromatic rings. The Balaban J connectivity index is 2.44. The molecule has 4 heteroatoms. The summed E-state index contributed by atoms with van der Waals surface area (Å²) >= 11 is 0. The van der Waals surface area contributed by atoms with Gasteiger partial charge in [-0.1, -0.05) is 0 Å². The highest BCUT2D eigenvalue weighted by molar-refractivity contribution is 5.81. The normalized spacial score (nSPS) is 14.8. The van der Waals surface area contributed by atoms with Crippen molar-refractivity contribution in [3.63, 3.8) is 0 Å². The Kier molecular flexibility index (Phi) is 1.10. The van der Waals surface area contributed by atoms with E-state index < -0.39 is 6.03 Å². The fourth-order valence-electron chi connectivity index (χ4n) is 0.351. The van der Waals surface area contributed by atoms with Gasteiger partial charge >= 0.3 is 6.03 Å². The van der Waals surface area contributed by atoms with Crippen LogP contribution < -0.4 is 0 Å². The second-order valence-electron chi connectivity index (χ2n) is 1.47. The van der Waals surface area contributed by atoms with Crippen molar-refractivity contribution in [1.82, 2.24) is 4.90 Å². The zero-order valence-corrected chi connectivity index (χ0v) is 4.13. The highest BCUT2D eigenvalue weighted by Crippen LogP contribution is 2.03. The molecule has 1 aliphatic heterocycles. The molecule has 0 unspecified atom stereocenters. The predicted octanol–water partition coefficient (Wildman–Crippen LogP) is -0.242. The number of hydrogen-bond acceptors (Lipinski definition) is 2. The van der Waals surface area contributed by atoms with Crippen LogP contribution in [-0.4, -0.2) is 30.1 Å². The number of hydrogen-bond donors (Lipinski definition) is 0. The van der Waals surface area contributed by atoms with E-state index in [2.05, 4.69) is 4.99 Å². The van der Waals surface area contributed by atoms with Crippen molar-refractivity contribution in [2.75, 3.05) is 13.1 Å². The fraction of sp³-hybridized carbons (Fsp3) is 0.500. The molecule has 42 valence electrons. The van der Waals surface area contributed by atoms with E-state index in [1.165, 1.54) is 11.0 Å². The smallest absolute Gasteiger partial charge is 0.319 e. The van der Waals surface area contributed by atoms with Gasteiger partial charge in [-0.3, -0.25) is 0 Å². The Morgan fingerprint density at radius 1 is 1.62 bits per heavy atom. The number of carbonyl (C=O) groups is 1. The molecule has 0 N–H and O–H groups in total. The van der Waals surface area contributed by atoms with Crippen LogP contribution in [0.5, 0.6) is 0 Å². The topological polar surface area (TPSA) is 49.5 Å². The zero-order valence-electron chi connectivity index (χ0n) is 4.13. The van der Waals surface area contributed by atoms with Crippen LogP contribution in [0.25, 0.3) is 0 Å². The van der Waals surface area contributed by atoms with Crippen LogP contribution in [0.3, 0.4) is 0 Å². The first-order chi connectivity index (χ1) is 3.84. The average molecular weight is 112 g/mol. The molecule has 2 amide bonds. The van der Waals surface area contributed by atoms with Crippen LogP contribution in [0.15, 0.2) is 4.99 Å². The summed E-state index contributed by atoms with van der Waals surface area (Å²) in [6.07, 6.45) is 1.17. The van der Waals surface area contributed by atoms with Gasteiger partial charge < -0.3 is 4.90 Å². The van der Waals surface area contributed by atoms with Crippen molar-refractivity contribution in [1.29, 1.82) is 0 Å². The number of isocyanates is 1. The quantitative estimate of drug-likeness (QED) is 0.246. The second-order valence-corrected chi connectivity index (χ2v) is 1.47. The van der Waals surface area contributed by atoms with Crippen molar-refractivity contribution >= 4 is 12.1 Å². The molecule has 0 spiro atoms. The third-order valence-electron chi connectivity index (χ3n) is 0.859. The van der Waals surface area contributed by atoms with Gasteiger partial charge in [-0.2, -0.15) is 0 Å². The van der Waals surface area contributed by atoms with Crippen LogP contribution in [0.1, 0.15) is 0 Å². The van der Waals surface area contributed by atoms with E-state index in [9.17, 15) is 9.59 Å². The maximum atomic E-state index is 10.3. The molecule has 0 atom stereocenters.